The Bertz CT molecular complexity index is 148. The molecule has 0 spiro atoms. The van der Waals surface area contributed by atoms with Crippen molar-refractivity contribution >= 4 is 0 Å². The van der Waals surface area contributed by atoms with Gasteiger partial charge in [-0.1, -0.05) is 12.8 Å². The quantitative estimate of drug-likeness (QED) is 0.568. The Kier molecular flexibility index (Phi) is 5.40. The number of aliphatic hydroxyl groups is 3. The van der Waals surface area contributed by atoms with Gasteiger partial charge in [-0.05, 0) is 12.8 Å². The number of rotatable bonds is 5. The summed E-state index contributed by atoms with van der Waals surface area (Å²) in [5.74, 6) is 0. The molecular formula is C10H21NO3. The van der Waals surface area contributed by atoms with E-state index in [1.807, 2.05) is 4.90 Å². The van der Waals surface area contributed by atoms with Gasteiger partial charge in [0.15, 0.2) is 0 Å². The molecule has 0 aromatic rings. The Labute approximate surface area is 85.2 Å². The summed E-state index contributed by atoms with van der Waals surface area (Å²) in [7, 11) is 0. The second-order valence-corrected chi connectivity index (χ2v) is 3.90. The number of aliphatic hydroxyl groups excluding tert-OH is 3. The van der Waals surface area contributed by atoms with Crippen molar-refractivity contribution in [1.82, 2.24) is 4.90 Å². The van der Waals surface area contributed by atoms with Crippen molar-refractivity contribution in [2.24, 2.45) is 0 Å². The minimum absolute atomic E-state index is 0.0865. The van der Waals surface area contributed by atoms with Crippen molar-refractivity contribution in [3.05, 3.63) is 0 Å². The Morgan fingerprint density at radius 1 is 1.00 bits per heavy atom. The van der Waals surface area contributed by atoms with E-state index in [0.29, 0.717) is 13.1 Å². The normalized spacial score (nSPS) is 28.3. The van der Waals surface area contributed by atoms with E-state index in [0.717, 1.165) is 25.7 Å². The zero-order chi connectivity index (χ0) is 10.4. The van der Waals surface area contributed by atoms with Gasteiger partial charge in [-0.3, -0.25) is 4.90 Å². The summed E-state index contributed by atoms with van der Waals surface area (Å²) in [5.41, 5.74) is 0. The lowest BCUT2D eigenvalue weighted by Crippen LogP contribution is -2.47. The molecule has 14 heavy (non-hydrogen) atoms. The van der Waals surface area contributed by atoms with Gasteiger partial charge in [0.05, 0.1) is 19.3 Å². The molecule has 1 fully saturated rings. The van der Waals surface area contributed by atoms with E-state index in [4.69, 9.17) is 10.2 Å². The lowest BCUT2D eigenvalue weighted by atomic mass is 9.91. The topological polar surface area (TPSA) is 63.9 Å². The molecule has 0 heterocycles. The third-order valence-electron chi connectivity index (χ3n) is 2.94. The van der Waals surface area contributed by atoms with Crippen LogP contribution in [0.2, 0.25) is 0 Å². The molecule has 1 aliphatic carbocycles. The lowest BCUT2D eigenvalue weighted by Gasteiger charge is -2.37. The van der Waals surface area contributed by atoms with Gasteiger partial charge in [-0.15, -0.1) is 0 Å². The minimum atomic E-state index is -0.290. The number of nitrogens with zero attached hydrogens (tertiary/aromatic N) is 1. The molecule has 1 saturated carbocycles. The molecular weight excluding hydrogens is 182 g/mol. The highest BCUT2D eigenvalue weighted by Crippen LogP contribution is 2.22. The summed E-state index contributed by atoms with van der Waals surface area (Å²) in [4.78, 5) is 1.99. The van der Waals surface area contributed by atoms with Crippen LogP contribution in [0.4, 0.5) is 0 Å². The maximum Gasteiger partial charge on any atom is 0.0695 e. The van der Waals surface area contributed by atoms with Gasteiger partial charge in [-0.25, -0.2) is 0 Å². The van der Waals surface area contributed by atoms with Crippen LogP contribution in [0, 0.1) is 0 Å². The van der Waals surface area contributed by atoms with Crippen LogP contribution in [0.5, 0.6) is 0 Å². The summed E-state index contributed by atoms with van der Waals surface area (Å²) >= 11 is 0. The van der Waals surface area contributed by atoms with Crippen LogP contribution in [-0.2, 0) is 0 Å². The van der Waals surface area contributed by atoms with E-state index < -0.39 is 0 Å². The summed E-state index contributed by atoms with van der Waals surface area (Å²) in [5, 5.41) is 27.5. The molecule has 4 heteroatoms. The maximum atomic E-state index is 9.79. The molecule has 4 nitrogen and oxygen atoms in total. The smallest absolute Gasteiger partial charge is 0.0695 e. The molecule has 84 valence electrons. The van der Waals surface area contributed by atoms with Gasteiger partial charge in [0, 0.05) is 19.1 Å². The van der Waals surface area contributed by atoms with Gasteiger partial charge in [0.2, 0.25) is 0 Å². The van der Waals surface area contributed by atoms with E-state index in [2.05, 4.69) is 0 Å². The lowest BCUT2D eigenvalue weighted by molar-refractivity contribution is 0.00597. The van der Waals surface area contributed by atoms with Crippen LogP contribution < -0.4 is 0 Å². The van der Waals surface area contributed by atoms with Crippen LogP contribution in [0.25, 0.3) is 0 Å². The average Bonchev–Trinajstić information content (AvgIpc) is 2.18. The largest absolute Gasteiger partial charge is 0.395 e. The predicted molar refractivity (Wildman–Crippen MR) is 54.0 cm³/mol. The molecule has 1 aliphatic rings. The monoisotopic (exact) mass is 203 g/mol. The Balaban J connectivity index is 2.46. The first kappa shape index (κ1) is 11.9. The highest BCUT2D eigenvalue weighted by Gasteiger charge is 2.27. The zero-order valence-electron chi connectivity index (χ0n) is 8.60. The molecule has 0 bridgehead atoms. The fourth-order valence-electron chi connectivity index (χ4n) is 2.22. The first-order chi connectivity index (χ1) is 6.79. The molecule has 0 amide bonds. The Hall–Kier alpha value is -0.160. The second kappa shape index (κ2) is 6.35. The van der Waals surface area contributed by atoms with Gasteiger partial charge in [0.1, 0.15) is 0 Å². The highest BCUT2D eigenvalue weighted by atomic mass is 16.3. The molecule has 1 rings (SSSR count). The van der Waals surface area contributed by atoms with Crippen LogP contribution in [-0.4, -0.2) is 58.7 Å². The fourth-order valence-corrected chi connectivity index (χ4v) is 2.22. The van der Waals surface area contributed by atoms with Crippen LogP contribution in [0.15, 0.2) is 0 Å². The van der Waals surface area contributed by atoms with Crippen molar-refractivity contribution in [2.75, 3.05) is 26.3 Å². The second-order valence-electron chi connectivity index (χ2n) is 3.90. The van der Waals surface area contributed by atoms with Crippen LogP contribution in [0.3, 0.4) is 0 Å². The molecule has 0 aromatic carbocycles. The van der Waals surface area contributed by atoms with Crippen molar-refractivity contribution in [3.8, 4) is 0 Å². The van der Waals surface area contributed by atoms with E-state index >= 15 is 0 Å². The Morgan fingerprint density at radius 3 is 2.07 bits per heavy atom. The van der Waals surface area contributed by atoms with Crippen molar-refractivity contribution in [2.45, 2.75) is 37.8 Å². The van der Waals surface area contributed by atoms with E-state index in [9.17, 15) is 5.11 Å². The number of hydrogen-bond donors (Lipinski definition) is 3. The van der Waals surface area contributed by atoms with E-state index in [1.54, 1.807) is 0 Å². The summed E-state index contributed by atoms with van der Waals surface area (Å²) in [6.45, 7) is 1.26. The average molecular weight is 203 g/mol. The fraction of sp³-hybridized carbons (Fsp3) is 1.00. The van der Waals surface area contributed by atoms with Crippen LogP contribution >= 0.6 is 0 Å². The highest BCUT2D eigenvalue weighted by molar-refractivity contribution is 4.82. The molecule has 0 saturated heterocycles. The standard InChI is InChI=1S/C10H21NO3/c12-7-5-11(6-8-13)9-3-1-2-4-10(9)14/h9-10,12-14H,1-8H2/t9-,10-/m0/s1. The van der Waals surface area contributed by atoms with Gasteiger partial charge < -0.3 is 15.3 Å². The Morgan fingerprint density at radius 2 is 1.57 bits per heavy atom. The summed E-state index contributed by atoms with van der Waals surface area (Å²) in [6.07, 6.45) is 3.75. The molecule has 3 N–H and O–H groups in total. The van der Waals surface area contributed by atoms with Crippen molar-refractivity contribution in [1.29, 1.82) is 0 Å². The van der Waals surface area contributed by atoms with Crippen LogP contribution in [0.1, 0.15) is 25.7 Å². The molecule has 0 radical (unpaired) electrons. The SMILES string of the molecule is OCCN(CCO)[C@H]1CCCC[C@@H]1O. The predicted octanol–water partition coefficient (Wildman–Crippen LogP) is -0.424. The number of hydrogen-bond acceptors (Lipinski definition) is 4. The summed E-state index contributed by atoms with van der Waals surface area (Å²) in [6, 6.07) is 0.128. The van der Waals surface area contributed by atoms with Gasteiger partial charge in [-0.2, -0.15) is 0 Å². The van der Waals surface area contributed by atoms with E-state index in [-0.39, 0.29) is 25.4 Å². The van der Waals surface area contributed by atoms with E-state index in [1.165, 1.54) is 0 Å². The minimum Gasteiger partial charge on any atom is -0.395 e. The van der Waals surface area contributed by atoms with Crippen molar-refractivity contribution < 1.29 is 15.3 Å². The van der Waals surface area contributed by atoms with Gasteiger partial charge in [0.25, 0.3) is 0 Å². The molecule has 0 aliphatic heterocycles. The van der Waals surface area contributed by atoms with Crippen molar-refractivity contribution in [3.63, 3.8) is 0 Å². The molecule has 0 aromatic heterocycles. The first-order valence-corrected chi connectivity index (χ1v) is 5.43. The third kappa shape index (κ3) is 3.20. The first-order valence-electron chi connectivity index (χ1n) is 5.43. The zero-order valence-corrected chi connectivity index (χ0v) is 8.60. The maximum absolute atomic E-state index is 9.79. The molecule has 0 unspecified atom stereocenters. The van der Waals surface area contributed by atoms with Gasteiger partial charge >= 0.3 is 0 Å². The molecule has 2 atom stereocenters. The summed E-state index contributed by atoms with van der Waals surface area (Å²) < 4.78 is 0. The third-order valence-corrected chi connectivity index (χ3v) is 2.94.